The normalized spacial score (nSPS) is 17.2. The van der Waals surface area contributed by atoms with Gasteiger partial charge in [0.25, 0.3) is 0 Å². The van der Waals surface area contributed by atoms with Crippen molar-refractivity contribution in [1.29, 1.82) is 0 Å². The molecule has 0 radical (unpaired) electrons. The highest BCUT2D eigenvalue weighted by atomic mass is 31.1. The summed E-state index contributed by atoms with van der Waals surface area (Å²) >= 11 is 0. The van der Waals surface area contributed by atoms with Crippen LogP contribution in [0.3, 0.4) is 0 Å². The molecule has 0 saturated carbocycles. The highest BCUT2D eigenvalue weighted by molar-refractivity contribution is 7.37. The van der Waals surface area contributed by atoms with Gasteiger partial charge < -0.3 is 10.6 Å². The van der Waals surface area contributed by atoms with Gasteiger partial charge in [-0.05, 0) is 19.8 Å². The third-order valence-electron chi connectivity index (χ3n) is 1.05. The molecule has 3 N–H and O–H groups in total. The van der Waals surface area contributed by atoms with E-state index in [1.54, 1.807) is 0 Å². The summed E-state index contributed by atoms with van der Waals surface area (Å²) in [7, 11) is -2.24. The lowest BCUT2D eigenvalue weighted by molar-refractivity contribution is 0.498. The summed E-state index contributed by atoms with van der Waals surface area (Å²) in [6.07, 6.45) is 2.04. The molecule has 0 amide bonds. The molecular weight excluding hydrogens is 137 g/mol. The molecule has 2 unspecified atom stereocenters. The topological polar surface area (TPSA) is 63.3 Å². The van der Waals surface area contributed by atoms with Crippen LogP contribution in [0, 0.1) is 0 Å². The predicted octanol–water partition coefficient (Wildman–Crippen LogP) is 0.581. The molecule has 0 bridgehead atoms. The molecule has 0 heterocycles. The number of hydrogen-bond donors (Lipinski definition) is 2. The third-order valence-corrected chi connectivity index (χ3v) is 1.83. The van der Waals surface area contributed by atoms with Gasteiger partial charge in [0, 0.05) is 12.2 Å². The first kappa shape index (κ1) is 9.15. The van der Waals surface area contributed by atoms with Crippen molar-refractivity contribution >= 4 is 8.03 Å². The van der Waals surface area contributed by atoms with Crippen LogP contribution in [-0.2, 0) is 4.57 Å². The number of hydrogen-bond acceptors (Lipinski definition) is 2. The highest BCUT2D eigenvalue weighted by Crippen LogP contribution is 2.14. The SMILES string of the molecule is CC(N)CCC[PH](=O)O. The molecule has 0 aromatic rings. The second kappa shape index (κ2) is 4.98. The molecule has 0 saturated heterocycles. The molecule has 2 atom stereocenters. The predicted molar refractivity (Wildman–Crippen MR) is 39.0 cm³/mol. The van der Waals surface area contributed by atoms with E-state index in [0.29, 0.717) is 6.16 Å². The Morgan fingerprint density at radius 3 is 2.67 bits per heavy atom. The maximum Gasteiger partial charge on any atom is 0.189 e. The van der Waals surface area contributed by atoms with Gasteiger partial charge in [-0.1, -0.05) is 0 Å². The average Bonchev–Trinajstić information content (AvgIpc) is 1.63. The van der Waals surface area contributed by atoms with Crippen molar-refractivity contribution in [3.63, 3.8) is 0 Å². The molecule has 3 nitrogen and oxygen atoms in total. The lowest BCUT2D eigenvalue weighted by Crippen LogP contribution is -2.14. The van der Waals surface area contributed by atoms with Crippen molar-refractivity contribution in [2.24, 2.45) is 5.73 Å². The fourth-order valence-corrected chi connectivity index (χ4v) is 1.08. The quantitative estimate of drug-likeness (QED) is 0.577. The molecule has 0 aromatic carbocycles. The molecule has 4 heteroatoms. The fourth-order valence-electron chi connectivity index (χ4n) is 0.575. The number of nitrogens with two attached hydrogens (primary N) is 1. The smallest absolute Gasteiger partial charge is 0.189 e. The maximum absolute atomic E-state index is 10.1. The summed E-state index contributed by atoms with van der Waals surface area (Å²) in [5.74, 6) is 0. The first-order chi connectivity index (χ1) is 4.13. The van der Waals surface area contributed by atoms with Gasteiger partial charge in [0.2, 0.25) is 0 Å². The second-order valence-corrected chi connectivity index (χ2v) is 3.55. The summed E-state index contributed by atoms with van der Waals surface area (Å²) in [5.41, 5.74) is 5.41. The van der Waals surface area contributed by atoms with E-state index in [9.17, 15) is 4.57 Å². The Kier molecular flexibility index (Phi) is 5.06. The molecular formula is C5H14NO2P. The summed E-state index contributed by atoms with van der Waals surface area (Å²) < 4.78 is 10.1. The standard InChI is InChI=1S/C5H14NO2P/c1-5(6)3-2-4-9(7)8/h5,9H,2-4,6H2,1H3,(H,7,8). The van der Waals surface area contributed by atoms with Crippen molar-refractivity contribution in [2.75, 3.05) is 6.16 Å². The van der Waals surface area contributed by atoms with E-state index in [2.05, 4.69) is 0 Å². The van der Waals surface area contributed by atoms with Crippen LogP contribution in [0.2, 0.25) is 0 Å². The highest BCUT2D eigenvalue weighted by Gasteiger charge is 1.95. The zero-order chi connectivity index (χ0) is 7.28. The Bertz CT molecular complexity index is 95.0. The molecule has 0 aliphatic rings. The molecule has 0 aromatic heterocycles. The van der Waals surface area contributed by atoms with Gasteiger partial charge in [0.1, 0.15) is 0 Å². The van der Waals surface area contributed by atoms with Gasteiger partial charge in [0.15, 0.2) is 8.03 Å². The van der Waals surface area contributed by atoms with Gasteiger partial charge >= 0.3 is 0 Å². The van der Waals surface area contributed by atoms with Crippen LogP contribution >= 0.6 is 8.03 Å². The van der Waals surface area contributed by atoms with Crippen LogP contribution in [-0.4, -0.2) is 17.1 Å². The van der Waals surface area contributed by atoms with E-state index >= 15 is 0 Å². The Morgan fingerprint density at radius 1 is 1.78 bits per heavy atom. The van der Waals surface area contributed by atoms with Crippen LogP contribution in [0.4, 0.5) is 0 Å². The van der Waals surface area contributed by atoms with Crippen molar-refractivity contribution in [2.45, 2.75) is 25.8 Å². The zero-order valence-electron chi connectivity index (χ0n) is 5.63. The Hall–Kier alpha value is 0.150. The van der Waals surface area contributed by atoms with Crippen LogP contribution in [0.15, 0.2) is 0 Å². The molecule has 0 spiro atoms. The lowest BCUT2D eigenvalue weighted by atomic mass is 10.2. The molecule has 0 fully saturated rings. The molecule has 0 rings (SSSR count). The van der Waals surface area contributed by atoms with Crippen LogP contribution < -0.4 is 5.73 Å². The van der Waals surface area contributed by atoms with Gasteiger partial charge in [0.05, 0.1) is 0 Å². The monoisotopic (exact) mass is 151 g/mol. The number of rotatable bonds is 4. The van der Waals surface area contributed by atoms with Crippen LogP contribution in [0.1, 0.15) is 19.8 Å². The second-order valence-electron chi connectivity index (χ2n) is 2.26. The van der Waals surface area contributed by atoms with Crippen LogP contribution in [0.25, 0.3) is 0 Å². The van der Waals surface area contributed by atoms with Gasteiger partial charge in [-0.25, -0.2) is 0 Å². The lowest BCUT2D eigenvalue weighted by Gasteiger charge is -2.00. The minimum atomic E-state index is -2.24. The summed E-state index contributed by atoms with van der Waals surface area (Å²) in [5, 5.41) is 0. The van der Waals surface area contributed by atoms with Gasteiger partial charge in [-0.2, -0.15) is 0 Å². The fraction of sp³-hybridized carbons (Fsp3) is 1.00. The molecule has 0 aliphatic carbocycles. The van der Waals surface area contributed by atoms with E-state index in [4.69, 9.17) is 10.6 Å². The maximum atomic E-state index is 10.1. The van der Waals surface area contributed by atoms with E-state index < -0.39 is 8.03 Å². The van der Waals surface area contributed by atoms with E-state index in [1.165, 1.54) is 0 Å². The van der Waals surface area contributed by atoms with Crippen LogP contribution in [0.5, 0.6) is 0 Å². The minimum absolute atomic E-state index is 0.159. The first-order valence-corrected chi connectivity index (χ1v) is 4.66. The van der Waals surface area contributed by atoms with Gasteiger partial charge in [-0.3, -0.25) is 4.57 Å². The largest absolute Gasteiger partial charge is 0.346 e. The average molecular weight is 151 g/mol. The molecule has 0 aliphatic heterocycles. The minimum Gasteiger partial charge on any atom is -0.346 e. The molecule has 56 valence electrons. The van der Waals surface area contributed by atoms with E-state index in [1.807, 2.05) is 6.92 Å². The van der Waals surface area contributed by atoms with Crippen molar-refractivity contribution in [1.82, 2.24) is 0 Å². The summed E-state index contributed by atoms with van der Waals surface area (Å²) in [6.45, 7) is 1.90. The van der Waals surface area contributed by atoms with Crippen molar-refractivity contribution in [3.05, 3.63) is 0 Å². The third kappa shape index (κ3) is 8.15. The summed E-state index contributed by atoms with van der Waals surface area (Å²) in [4.78, 5) is 8.37. The van der Waals surface area contributed by atoms with E-state index in [-0.39, 0.29) is 6.04 Å². The van der Waals surface area contributed by atoms with Crippen molar-refractivity contribution in [3.8, 4) is 0 Å². The first-order valence-electron chi connectivity index (χ1n) is 3.10. The van der Waals surface area contributed by atoms with Gasteiger partial charge in [-0.15, -0.1) is 0 Å². The van der Waals surface area contributed by atoms with E-state index in [0.717, 1.165) is 12.8 Å². The Balaban J connectivity index is 3.01. The Labute approximate surface area is 56.1 Å². The summed E-state index contributed by atoms with van der Waals surface area (Å²) in [6, 6.07) is 0.159. The zero-order valence-corrected chi connectivity index (χ0v) is 6.63. The molecule has 9 heavy (non-hydrogen) atoms. The van der Waals surface area contributed by atoms with Crippen molar-refractivity contribution < 1.29 is 9.46 Å². The Morgan fingerprint density at radius 2 is 2.33 bits per heavy atom.